The number of hydrogen-bond donors (Lipinski definition) is 1. The van der Waals surface area contributed by atoms with Crippen molar-refractivity contribution in [1.82, 2.24) is 24.9 Å². The zero-order chi connectivity index (χ0) is 16.1. The van der Waals surface area contributed by atoms with Crippen molar-refractivity contribution in [1.29, 1.82) is 0 Å². The molecule has 5 heteroatoms. The van der Waals surface area contributed by atoms with Crippen LogP contribution in [0.3, 0.4) is 0 Å². The van der Waals surface area contributed by atoms with Gasteiger partial charge >= 0.3 is 0 Å². The topological polar surface area (TPSA) is 47.7 Å². The Balaban J connectivity index is 1.49. The molecular weight excluding hydrogens is 286 g/mol. The fourth-order valence-electron chi connectivity index (χ4n) is 2.56. The van der Waals surface area contributed by atoms with Crippen LogP contribution in [0.1, 0.15) is 23.6 Å². The molecule has 0 aliphatic rings. The van der Waals surface area contributed by atoms with Crippen LogP contribution in [0.2, 0.25) is 0 Å². The molecule has 1 atom stereocenters. The number of aryl methyl sites for hydroxylation is 1. The molecule has 0 saturated heterocycles. The summed E-state index contributed by atoms with van der Waals surface area (Å²) in [4.78, 5) is 0. The van der Waals surface area contributed by atoms with Crippen LogP contribution in [0.25, 0.3) is 0 Å². The van der Waals surface area contributed by atoms with Crippen molar-refractivity contribution in [2.45, 2.75) is 39.5 Å². The lowest BCUT2D eigenvalue weighted by molar-refractivity contribution is 0.450. The normalized spacial score (nSPS) is 12.4. The molecule has 0 aliphatic heterocycles. The van der Waals surface area contributed by atoms with Gasteiger partial charge in [0, 0.05) is 30.5 Å². The summed E-state index contributed by atoms with van der Waals surface area (Å²) in [5.74, 6) is 0. The first kappa shape index (κ1) is 15.5. The number of aromatic nitrogens is 4. The molecule has 1 aromatic carbocycles. The molecule has 5 nitrogen and oxygen atoms in total. The first-order valence-corrected chi connectivity index (χ1v) is 7.97. The van der Waals surface area contributed by atoms with Crippen molar-refractivity contribution in [2.75, 3.05) is 0 Å². The number of hydrogen-bond acceptors (Lipinski definition) is 3. The summed E-state index contributed by atoms with van der Waals surface area (Å²) in [6.45, 7) is 6.72. The summed E-state index contributed by atoms with van der Waals surface area (Å²) in [5, 5.41) is 12.3. The molecule has 0 spiro atoms. The quantitative estimate of drug-likeness (QED) is 0.730. The van der Waals surface area contributed by atoms with Crippen molar-refractivity contribution in [3.8, 4) is 0 Å². The summed E-state index contributed by atoms with van der Waals surface area (Å²) >= 11 is 0. The minimum atomic E-state index is 0.353. The maximum Gasteiger partial charge on any atom is 0.0659 e. The van der Waals surface area contributed by atoms with Crippen molar-refractivity contribution >= 4 is 0 Å². The van der Waals surface area contributed by atoms with Gasteiger partial charge in [-0.3, -0.25) is 9.36 Å². The molecule has 0 saturated carbocycles. The minimum Gasteiger partial charge on any atom is -0.308 e. The van der Waals surface area contributed by atoms with Crippen LogP contribution >= 0.6 is 0 Å². The Labute approximate surface area is 136 Å². The first-order valence-electron chi connectivity index (χ1n) is 7.97. The van der Waals surface area contributed by atoms with Crippen LogP contribution in [0.15, 0.2) is 55.1 Å². The van der Waals surface area contributed by atoms with Crippen molar-refractivity contribution < 1.29 is 0 Å². The van der Waals surface area contributed by atoms with Gasteiger partial charge in [-0.25, -0.2) is 0 Å². The molecule has 0 bridgehead atoms. The maximum atomic E-state index is 4.44. The van der Waals surface area contributed by atoms with Gasteiger partial charge < -0.3 is 5.32 Å². The lowest BCUT2D eigenvalue weighted by Gasteiger charge is -2.13. The Morgan fingerprint density at radius 2 is 1.78 bits per heavy atom. The van der Waals surface area contributed by atoms with E-state index in [9.17, 15) is 0 Å². The van der Waals surface area contributed by atoms with E-state index in [1.807, 2.05) is 27.8 Å². The molecule has 0 unspecified atom stereocenters. The molecule has 0 amide bonds. The van der Waals surface area contributed by atoms with Crippen LogP contribution in [0.4, 0.5) is 0 Å². The van der Waals surface area contributed by atoms with Crippen LogP contribution in [-0.2, 0) is 19.6 Å². The summed E-state index contributed by atoms with van der Waals surface area (Å²) < 4.78 is 3.96. The lowest BCUT2D eigenvalue weighted by atomic mass is 10.2. The fourth-order valence-corrected chi connectivity index (χ4v) is 2.56. The predicted octanol–water partition coefficient (Wildman–Crippen LogP) is 2.61. The van der Waals surface area contributed by atoms with E-state index in [-0.39, 0.29) is 0 Å². The highest BCUT2D eigenvalue weighted by molar-refractivity contribution is 5.15. The lowest BCUT2D eigenvalue weighted by Crippen LogP contribution is -2.30. The second kappa shape index (κ2) is 7.24. The molecule has 3 aromatic rings. The van der Waals surface area contributed by atoms with E-state index in [1.165, 1.54) is 16.7 Å². The Morgan fingerprint density at radius 3 is 2.52 bits per heavy atom. The van der Waals surface area contributed by atoms with Gasteiger partial charge in [0.25, 0.3) is 0 Å². The number of rotatable bonds is 7. The standard InChI is InChI=1S/C18H23N5/c1-15-8-20-22(11-15)12-16(2)19-9-18-10-21-23(14-18)13-17-6-4-3-5-7-17/h3-8,10-11,14,16,19H,9,12-13H2,1-2H3/t16-/m1/s1. The van der Waals surface area contributed by atoms with Gasteiger partial charge in [-0.1, -0.05) is 30.3 Å². The highest BCUT2D eigenvalue weighted by Gasteiger charge is 2.05. The largest absolute Gasteiger partial charge is 0.308 e. The van der Waals surface area contributed by atoms with E-state index < -0.39 is 0 Å². The first-order chi connectivity index (χ1) is 11.2. The summed E-state index contributed by atoms with van der Waals surface area (Å²) in [7, 11) is 0. The molecule has 0 radical (unpaired) electrons. The Kier molecular flexibility index (Phi) is 4.88. The molecule has 23 heavy (non-hydrogen) atoms. The molecular formula is C18H23N5. The van der Waals surface area contributed by atoms with E-state index in [1.54, 1.807) is 0 Å². The smallest absolute Gasteiger partial charge is 0.0659 e. The van der Waals surface area contributed by atoms with Gasteiger partial charge in [-0.2, -0.15) is 10.2 Å². The summed E-state index contributed by atoms with van der Waals surface area (Å²) in [6, 6.07) is 10.7. The Hall–Kier alpha value is -2.40. The third kappa shape index (κ3) is 4.53. The van der Waals surface area contributed by atoms with E-state index >= 15 is 0 Å². The molecule has 2 aromatic heterocycles. The van der Waals surface area contributed by atoms with Crippen LogP contribution in [-0.4, -0.2) is 25.6 Å². The monoisotopic (exact) mass is 309 g/mol. The molecule has 120 valence electrons. The number of nitrogens with zero attached hydrogens (tertiary/aromatic N) is 4. The van der Waals surface area contributed by atoms with E-state index in [0.29, 0.717) is 6.04 Å². The van der Waals surface area contributed by atoms with Gasteiger partial charge in [0.2, 0.25) is 0 Å². The zero-order valence-corrected chi connectivity index (χ0v) is 13.7. The highest BCUT2D eigenvalue weighted by Crippen LogP contribution is 2.04. The summed E-state index contributed by atoms with van der Waals surface area (Å²) in [5.41, 5.74) is 3.65. The third-order valence-electron chi connectivity index (χ3n) is 3.75. The van der Waals surface area contributed by atoms with E-state index in [4.69, 9.17) is 0 Å². The predicted molar refractivity (Wildman–Crippen MR) is 91.0 cm³/mol. The molecule has 0 fully saturated rings. The zero-order valence-electron chi connectivity index (χ0n) is 13.7. The van der Waals surface area contributed by atoms with Crippen molar-refractivity contribution in [3.05, 3.63) is 71.8 Å². The van der Waals surface area contributed by atoms with Crippen molar-refractivity contribution in [2.24, 2.45) is 0 Å². The molecule has 3 rings (SSSR count). The van der Waals surface area contributed by atoms with Crippen LogP contribution < -0.4 is 5.32 Å². The van der Waals surface area contributed by atoms with E-state index in [0.717, 1.165) is 19.6 Å². The second-order valence-electron chi connectivity index (χ2n) is 6.05. The summed E-state index contributed by atoms with van der Waals surface area (Å²) in [6.07, 6.45) is 7.99. The Bertz CT molecular complexity index is 729. The third-order valence-corrected chi connectivity index (χ3v) is 3.75. The van der Waals surface area contributed by atoms with Gasteiger partial charge in [0.1, 0.15) is 0 Å². The molecule has 1 N–H and O–H groups in total. The average Bonchev–Trinajstić information content (AvgIpc) is 3.15. The number of benzene rings is 1. The highest BCUT2D eigenvalue weighted by atomic mass is 15.3. The Morgan fingerprint density at radius 1 is 1.00 bits per heavy atom. The fraction of sp³-hybridized carbons (Fsp3) is 0.333. The van der Waals surface area contributed by atoms with Gasteiger partial charge in [-0.15, -0.1) is 0 Å². The van der Waals surface area contributed by atoms with Gasteiger partial charge in [0.15, 0.2) is 0 Å². The van der Waals surface area contributed by atoms with E-state index in [2.05, 4.69) is 66.0 Å². The van der Waals surface area contributed by atoms with Gasteiger partial charge in [-0.05, 0) is 25.0 Å². The van der Waals surface area contributed by atoms with Gasteiger partial charge in [0.05, 0.1) is 25.5 Å². The SMILES string of the molecule is Cc1cnn(C[C@@H](C)NCc2cnn(Cc3ccccc3)c2)c1. The van der Waals surface area contributed by atoms with Crippen molar-refractivity contribution in [3.63, 3.8) is 0 Å². The molecule has 2 heterocycles. The second-order valence-corrected chi connectivity index (χ2v) is 6.05. The van der Waals surface area contributed by atoms with Crippen LogP contribution in [0.5, 0.6) is 0 Å². The number of nitrogens with one attached hydrogen (secondary N) is 1. The van der Waals surface area contributed by atoms with Crippen LogP contribution in [0, 0.1) is 6.92 Å². The minimum absolute atomic E-state index is 0.353. The average molecular weight is 309 g/mol. The maximum absolute atomic E-state index is 4.44. The molecule has 0 aliphatic carbocycles.